The van der Waals surface area contributed by atoms with Gasteiger partial charge in [0.2, 0.25) is 0 Å². The highest BCUT2D eigenvalue weighted by Gasteiger charge is 2.30. The lowest BCUT2D eigenvalue weighted by Crippen LogP contribution is -2.30. The smallest absolute Gasteiger partial charge is 0.462 e. The fraction of sp³-hybridized carbons (Fsp3) is 0.899. The van der Waals surface area contributed by atoms with Crippen LogP contribution in [0.1, 0.15) is 388 Å². The number of phosphoric ester groups is 2. The van der Waals surface area contributed by atoms with Crippen LogP contribution in [-0.2, 0) is 65.4 Å². The Morgan fingerprint density at radius 1 is 0.337 bits per heavy atom. The van der Waals surface area contributed by atoms with Crippen LogP contribution >= 0.6 is 15.6 Å². The van der Waals surface area contributed by atoms with Crippen LogP contribution in [0.25, 0.3) is 0 Å². The van der Waals surface area contributed by atoms with E-state index in [1.807, 2.05) is 0 Å². The van der Waals surface area contributed by atoms with Crippen LogP contribution in [-0.4, -0.2) is 96.7 Å². The summed E-state index contributed by atoms with van der Waals surface area (Å²) in [6, 6.07) is 0. The van der Waals surface area contributed by atoms with Gasteiger partial charge in [0, 0.05) is 25.7 Å². The molecular formula is C79H150O17P2. The van der Waals surface area contributed by atoms with Crippen LogP contribution in [0.3, 0.4) is 0 Å². The molecule has 0 amide bonds. The van der Waals surface area contributed by atoms with Crippen molar-refractivity contribution in [3.8, 4) is 0 Å². The molecule has 0 spiro atoms. The minimum atomic E-state index is -4.97. The second-order valence-electron chi connectivity index (χ2n) is 28.5. The summed E-state index contributed by atoms with van der Waals surface area (Å²) in [6.07, 6.45) is 61.8. The third-order valence-corrected chi connectivity index (χ3v) is 20.1. The molecule has 0 saturated heterocycles. The predicted molar refractivity (Wildman–Crippen MR) is 400 cm³/mol. The fourth-order valence-corrected chi connectivity index (χ4v) is 13.2. The summed E-state index contributed by atoms with van der Waals surface area (Å²) < 4.78 is 68.6. The van der Waals surface area contributed by atoms with Gasteiger partial charge in [-0.1, -0.05) is 336 Å². The van der Waals surface area contributed by atoms with Gasteiger partial charge in [-0.25, -0.2) is 9.13 Å². The first-order valence-electron chi connectivity index (χ1n) is 40.3. The van der Waals surface area contributed by atoms with Gasteiger partial charge in [0.25, 0.3) is 0 Å². The number of aliphatic hydroxyl groups is 1. The molecule has 0 radical (unpaired) electrons. The van der Waals surface area contributed by atoms with Crippen molar-refractivity contribution in [3.05, 3.63) is 24.3 Å². The van der Waals surface area contributed by atoms with Gasteiger partial charge in [-0.2, -0.15) is 0 Å². The van der Waals surface area contributed by atoms with Gasteiger partial charge < -0.3 is 33.8 Å². The van der Waals surface area contributed by atoms with Gasteiger partial charge in [0.15, 0.2) is 12.2 Å². The summed E-state index contributed by atoms with van der Waals surface area (Å²) >= 11 is 0. The Kier molecular flexibility index (Phi) is 68.5. The zero-order valence-electron chi connectivity index (χ0n) is 63.6. The van der Waals surface area contributed by atoms with E-state index in [1.165, 1.54) is 186 Å². The second kappa shape index (κ2) is 70.2. The molecule has 17 nitrogen and oxygen atoms in total. The largest absolute Gasteiger partial charge is 0.472 e. The Morgan fingerprint density at radius 3 is 0.918 bits per heavy atom. The third kappa shape index (κ3) is 70.6. The molecule has 0 saturated carbocycles. The number of carbonyl (C=O) groups excluding carboxylic acids is 4. The van der Waals surface area contributed by atoms with E-state index in [9.17, 15) is 43.2 Å². The van der Waals surface area contributed by atoms with E-state index >= 15 is 0 Å². The number of unbranched alkanes of at least 4 members (excludes halogenated alkanes) is 42. The molecule has 3 unspecified atom stereocenters. The number of hydrogen-bond donors (Lipinski definition) is 3. The van der Waals surface area contributed by atoms with E-state index in [0.29, 0.717) is 25.7 Å². The van der Waals surface area contributed by atoms with E-state index in [-0.39, 0.29) is 25.7 Å². The third-order valence-electron chi connectivity index (χ3n) is 18.2. The van der Waals surface area contributed by atoms with Gasteiger partial charge in [-0.3, -0.25) is 37.3 Å². The van der Waals surface area contributed by atoms with Crippen molar-refractivity contribution < 1.29 is 80.2 Å². The minimum Gasteiger partial charge on any atom is -0.462 e. The number of aliphatic hydroxyl groups excluding tert-OH is 1. The van der Waals surface area contributed by atoms with Crippen LogP contribution in [0.4, 0.5) is 0 Å². The van der Waals surface area contributed by atoms with Gasteiger partial charge >= 0.3 is 39.5 Å². The molecule has 0 aliphatic carbocycles. The van der Waals surface area contributed by atoms with Gasteiger partial charge in [0.05, 0.1) is 26.4 Å². The molecule has 578 valence electrons. The Morgan fingerprint density at radius 2 is 0.602 bits per heavy atom. The van der Waals surface area contributed by atoms with Crippen molar-refractivity contribution in [3.63, 3.8) is 0 Å². The van der Waals surface area contributed by atoms with Crippen LogP contribution in [0.15, 0.2) is 24.3 Å². The highest BCUT2D eigenvalue weighted by molar-refractivity contribution is 7.47. The summed E-state index contributed by atoms with van der Waals surface area (Å²) in [6.45, 7) is 9.54. The molecular weight excluding hydrogens is 1280 g/mol. The SMILES string of the molecule is CCCCCC/C=C\C=C/CCCCCCCC(=O)OC[C@H](COP(=O)(O)OC[C@@H](O)COP(=O)(O)OC[C@@H](COC(=O)CCCCCCCCCCC(C)C)OC(=O)CCCCCCCCCCCCC(C)CC)OC(=O)CCCCCCCCCCCCCCCCCCCC. The molecule has 6 atom stereocenters. The molecule has 0 heterocycles. The van der Waals surface area contributed by atoms with Crippen LogP contribution < -0.4 is 0 Å². The first-order valence-corrected chi connectivity index (χ1v) is 43.3. The molecule has 98 heavy (non-hydrogen) atoms. The van der Waals surface area contributed by atoms with Crippen LogP contribution in [0.2, 0.25) is 0 Å². The summed E-state index contributed by atoms with van der Waals surface area (Å²) in [4.78, 5) is 72.9. The normalized spacial score (nSPS) is 14.4. The molecule has 0 rings (SSSR count). The summed E-state index contributed by atoms with van der Waals surface area (Å²) in [5, 5.41) is 10.6. The van der Waals surface area contributed by atoms with Crippen molar-refractivity contribution in [2.45, 2.75) is 407 Å². The maximum absolute atomic E-state index is 13.1. The minimum absolute atomic E-state index is 0.102. The Labute approximate surface area is 599 Å². The molecule has 19 heteroatoms. The van der Waals surface area contributed by atoms with Gasteiger partial charge in [-0.15, -0.1) is 0 Å². The van der Waals surface area contributed by atoms with Crippen molar-refractivity contribution >= 4 is 39.5 Å². The van der Waals surface area contributed by atoms with Crippen molar-refractivity contribution in [2.24, 2.45) is 11.8 Å². The van der Waals surface area contributed by atoms with E-state index < -0.39 is 97.5 Å². The molecule has 0 aromatic heterocycles. The number of carbonyl (C=O) groups is 4. The quantitative estimate of drug-likeness (QED) is 0.0169. The summed E-state index contributed by atoms with van der Waals surface area (Å²) in [7, 11) is -9.93. The van der Waals surface area contributed by atoms with E-state index in [0.717, 1.165) is 121 Å². The lowest BCUT2D eigenvalue weighted by molar-refractivity contribution is -0.161. The molecule has 0 bridgehead atoms. The van der Waals surface area contributed by atoms with E-state index in [1.54, 1.807) is 0 Å². The van der Waals surface area contributed by atoms with E-state index in [4.69, 9.17) is 37.0 Å². The number of allylic oxidation sites excluding steroid dienone is 4. The molecule has 0 aromatic carbocycles. The lowest BCUT2D eigenvalue weighted by atomic mass is 9.99. The highest BCUT2D eigenvalue weighted by atomic mass is 31.2. The molecule has 0 aromatic rings. The number of phosphoric acid groups is 2. The van der Waals surface area contributed by atoms with Crippen molar-refractivity contribution in [1.82, 2.24) is 0 Å². The first kappa shape index (κ1) is 95.5. The average molecular weight is 1430 g/mol. The molecule has 0 fully saturated rings. The number of rotatable bonds is 76. The standard InChI is InChI=1S/C79H150O17P2/c1-7-10-12-14-16-18-20-22-24-25-26-28-30-32-37-45-51-57-63-78(83)95-74(67-89-76(81)61-55-49-43-36-31-29-27-23-21-19-17-15-13-11-8-2)69-93-97(85,86)91-65-73(80)66-92-98(87,88)94-70-75(68-90-77(82)62-56-50-44-40-39-41-47-53-59-71(4)5)96-79(84)64-58-52-46-38-34-33-35-42-48-54-60-72(6)9-3/h19,21,23,27,71-75,80H,7-18,20,22,24-26,28-70H2,1-6H3,(H,85,86)(H,87,88)/b21-19-,27-23-/t72?,73-,74-,75-/m1/s1. The molecule has 3 N–H and O–H groups in total. The van der Waals surface area contributed by atoms with Crippen molar-refractivity contribution in [1.29, 1.82) is 0 Å². The number of ether oxygens (including phenoxy) is 4. The topological polar surface area (TPSA) is 237 Å². The number of hydrogen-bond acceptors (Lipinski definition) is 15. The first-order chi connectivity index (χ1) is 47.4. The second-order valence-corrected chi connectivity index (χ2v) is 31.4. The average Bonchev–Trinajstić information content (AvgIpc) is 0.999. The summed E-state index contributed by atoms with van der Waals surface area (Å²) in [5.41, 5.74) is 0. The Bertz CT molecular complexity index is 1990. The van der Waals surface area contributed by atoms with Crippen LogP contribution in [0, 0.1) is 11.8 Å². The summed E-state index contributed by atoms with van der Waals surface area (Å²) in [5.74, 6) is -0.616. The lowest BCUT2D eigenvalue weighted by Gasteiger charge is -2.21. The zero-order chi connectivity index (χ0) is 72.1. The Hall–Kier alpha value is -2.46. The van der Waals surface area contributed by atoms with Gasteiger partial charge in [-0.05, 0) is 63.2 Å². The molecule has 0 aliphatic rings. The molecule has 0 aliphatic heterocycles. The highest BCUT2D eigenvalue weighted by Crippen LogP contribution is 2.45. The zero-order valence-corrected chi connectivity index (χ0v) is 65.4. The Balaban J connectivity index is 5.29. The van der Waals surface area contributed by atoms with Gasteiger partial charge in [0.1, 0.15) is 19.3 Å². The fourth-order valence-electron chi connectivity index (χ4n) is 11.6. The maximum atomic E-state index is 13.1. The number of esters is 4. The van der Waals surface area contributed by atoms with E-state index in [2.05, 4.69) is 65.8 Å². The van der Waals surface area contributed by atoms with Crippen LogP contribution in [0.5, 0.6) is 0 Å². The maximum Gasteiger partial charge on any atom is 0.472 e. The van der Waals surface area contributed by atoms with Crippen molar-refractivity contribution in [2.75, 3.05) is 39.6 Å². The predicted octanol–water partition coefficient (Wildman–Crippen LogP) is 23.1. The monoisotopic (exact) mass is 1430 g/mol.